The molecule has 7 heteroatoms. The van der Waals surface area contributed by atoms with Gasteiger partial charge in [0, 0.05) is 24.6 Å². The third-order valence-corrected chi connectivity index (χ3v) is 3.95. The first kappa shape index (κ1) is 21.1. The van der Waals surface area contributed by atoms with Crippen molar-refractivity contribution in [3.05, 3.63) is 53.6 Å². The molecule has 1 amide bonds. The number of benzene rings is 2. The van der Waals surface area contributed by atoms with Gasteiger partial charge in [0.1, 0.15) is 30.5 Å². The van der Waals surface area contributed by atoms with E-state index in [-0.39, 0.29) is 25.3 Å². The topological polar surface area (TPSA) is 94.1 Å². The van der Waals surface area contributed by atoms with E-state index >= 15 is 0 Å². The number of rotatable bonds is 11. The Morgan fingerprint density at radius 1 is 0.964 bits per heavy atom. The summed E-state index contributed by atoms with van der Waals surface area (Å²) in [5.41, 5.74) is 1.93. The molecule has 0 fully saturated rings. The van der Waals surface area contributed by atoms with Crippen molar-refractivity contribution in [2.75, 3.05) is 20.3 Å². The highest BCUT2D eigenvalue weighted by molar-refractivity contribution is 5.80. The van der Waals surface area contributed by atoms with Crippen LogP contribution in [0, 0.1) is 6.92 Å². The standard InChI is InChI=1S/C21H25NO6/c1-15-3-6-17(7-4-15)27-11-12-28-19-13-18(26-2)8-5-16(19)14-22-20(23)9-10-21(24)25/h3-8,13H,9-12,14H2,1-2H3,(H,22,23)(H,24,25). The summed E-state index contributed by atoms with van der Waals surface area (Å²) in [5, 5.41) is 11.3. The van der Waals surface area contributed by atoms with Crippen LogP contribution in [-0.2, 0) is 16.1 Å². The molecule has 0 aromatic heterocycles. The minimum atomic E-state index is -1.00. The Morgan fingerprint density at radius 3 is 2.32 bits per heavy atom. The molecule has 0 aliphatic rings. The number of amides is 1. The van der Waals surface area contributed by atoms with E-state index in [4.69, 9.17) is 19.3 Å². The molecule has 2 aromatic carbocycles. The van der Waals surface area contributed by atoms with Crippen LogP contribution in [0.4, 0.5) is 0 Å². The van der Waals surface area contributed by atoms with Gasteiger partial charge < -0.3 is 24.6 Å². The number of carboxylic acids is 1. The van der Waals surface area contributed by atoms with E-state index in [0.29, 0.717) is 24.7 Å². The predicted molar refractivity (Wildman–Crippen MR) is 104 cm³/mol. The molecule has 28 heavy (non-hydrogen) atoms. The second kappa shape index (κ2) is 10.8. The van der Waals surface area contributed by atoms with Gasteiger partial charge in [-0.05, 0) is 31.2 Å². The summed E-state index contributed by atoms with van der Waals surface area (Å²) in [6, 6.07) is 13.1. The van der Waals surface area contributed by atoms with E-state index in [9.17, 15) is 9.59 Å². The van der Waals surface area contributed by atoms with Crippen molar-refractivity contribution in [3.63, 3.8) is 0 Å². The molecular weight excluding hydrogens is 362 g/mol. The van der Waals surface area contributed by atoms with Crippen molar-refractivity contribution in [1.82, 2.24) is 5.32 Å². The lowest BCUT2D eigenvalue weighted by atomic mass is 10.2. The monoisotopic (exact) mass is 387 g/mol. The third kappa shape index (κ3) is 7.19. The molecule has 0 saturated heterocycles. The zero-order valence-corrected chi connectivity index (χ0v) is 16.1. The fraction of sp³-hybridized carbons (Fsp3) is 0.333. The smallest absolute Gasteiger partial charge is 0.303 e. The van der Waals surface area contributed by atoms with Crippen LogP contribution in [0.2, 0.25) is 0 Å². The van der Waals surface area contributed by atoms with Gasteiger partial charge in [-0.3, -0.25) is 9.59 Å². The number of ether oxygens (including phenoxy) is 3. The van der Waals surface area contributed by atoms with E-state index in [0.717, 1.165) is 16.9 Å². The molecule has 150 valence electrons. The van der Waals surface area contributed by atoms with Crippen molar-refractivity contribution in [2.24, 2.45) is 0 Å². The lowest BCUT2D eigenvalue weighted by molar-refractivity contribution is -0.138. The molecule has 0 radical (unpaired) electrons. The first-order valence-corrected chi connectivity index (χ1v) is 8.95. The van der Waals surface area contributed by atoms with E-state index < -0.39 is 5.97 Å². The average Bonchev–Trinajstić information content (AvgIpc) is 2.69. The number of carbonyl (C=O) groups excluding carboxylic acids is 1. The summed E-state index contributed by atoms with van der Waals surface area (Å²) < 4.78 is 16.7. The molecule has 0 bridgehead atoms. The molecule has 0 aliphatic carbocycles. The Labute approximate surface area is 164 Å². The Morgan fingerprint density at radius 2 is 1.64 bits per heavy atom. The minimum absolute atomic E-state index is 0.0634. The van der Waals surface area contributed by atoms with Gasteiger partial charge in [0.15, 0.2) is 0 Å². The van der Waals surface area contributed by atoms with Crippen LogP contribution in [0.25, 0.3) is 0 Å². The molecular formula is C21H25NO6. The second-order valence-corrected chi connectivity index (χ2v) is 6.15. The normalized spacial score (nSPS) is 10.2. The van der Waals surface area contributed by atoms with Crippen molar-refractivity contribution in [3.8, 4) is 17.2 Å². The van der Waals surface area contributed by atoms with Crippen LogP contribution in [0.15, 0.2) is 42.5 Å². The van der Waals surface area contributed by atoms with Crippen LogP contribution < -0.4 is 19.5 Å². The lowest BCUT2D eigenvalue weighted by Gasteiger charge is -2.14. The fourth-order valence-corrected chi connectivity index (χ4v) is 2.39. The number of carboxylic acid groups (broad SMARTS) is 1. The van der Waals surface area contributed by atoms with Gasteiger partial charge in [-0.2, -0.15) is 0 Å². The minimum Gasteiger partial charge on any atom is -0.497 e. The van der Waals surface area contributed by atoms with Crippen molar-refractivity contribution in [1.29, 1.82) is 0 Å². The van der Waals surface area contributed by atoms with Crippen LogP contribution in [0.3, 0.4) is 0 Å². The SMILES string of the molecule is COc1ccc(CNC(=O)CCC(=O)O)c(OCCOc2ccc(C)cc2)c1. The molecule has 0 aliphatic heterocycles. The fourth-order valence-electron chi connectivity index (χ4n) is 2.39. The van der Waals surface area contributed by atoms with Crippen LogP contribution in [-0.4, -0.2) is 37.3 Å². The number of carbonyl (C=O) groups is 2. The van der Waals surface area contributed by atoms with Gasteiger partial charge >= 0.3 is 5.97 Å². The zero-order chi connectivity index (χ0) is 20.4. The molecule has 0 unspecified atom stereocenters. The summed E-state index contributed by atoms with van der Waals surface area (Å²) in [7, 11) is 1.56. The molecule has 0 heterocycles. The summed E-state index contributed by atoms with van der Waals surface area (Å²) in [5.74, 6) is 0.649. The van der Waals surface area contributed by atoms with Crippen molar-refractivity contribution < 1.29 is 28.9 Å². The number of hydrogen-bond donors (Lipinski definition) is 2. The molecule has 7 nitrogen and oxygen atoms in total. The van der Waals surface area contributed by atoms with E-state index in [1.165, 1.54) is 0 Å². The second-order valence-electron chi connectivity index (χ2n) is 6.15. The third-order valence-electron chi connectivity index (χ3n) is 3.95. The van der Waals surface area contributed by atoms with E-state index in [1.807, 2.05) is 31.2 Å². The van der Waals surface area contributed by atoms with E-state index in [1.54, 1.807) is 25.3 Å². The maximum absolute atomic E-state index is 11.7. The van der Waals surface area contributed by atoms with Crippen LogP contribution >= 0.6 is 0 Å². The van der Waals surface area contributed by atoms with Gasteiger partial charge in [-0.1, -0.05) is 17.7 Å². The quantitative estimate of drug-likeness (QED) is 0.576. The first-order chi connectivity index (χ1) is 13.5. The number of methoxy groups -OCH3 is 1. The lowest BCUT2D eigenvalue weighted by Crippen LogP contribution is -2.23. The molecule has 2 N–H and O–H groups in total. The van der Waals surface area contributed by atoms with Gasteiger partial charge in [0.05, 0.1) is 13.5 Å². The Bertz CT molecular complexity index is 788. The largest absolute Gasteiger partial charge is 0.497 e. The number of aliphatic carboxylic acids is 1. The Hall–Kier alpha value is -3.22. The number of hydrogen-bond acceptors (Lipinski definition) is 5. The van der Waals surface area contributed by atoms with Crippen LogP contribution in [0.1, 0.15) is 24.0 Å². The zero-order valence-electron chi connectivity index (χ0n) is 16.1. The average molecular weight is 387 g/mol. The number of aryl methyl sites for hydroxylation is 1. The maximum Gasteiger partial charge on any atom is 0.303 e. The van der Waals surface area contributed by atoms with Gasteiger partial charge in [-0.25, -0.2) is 0 Å². The summed E-state index contributed by atoms with van der Waals surface area (Å²) in [6.07, 6.45) is -0.264. The Balaban J connectivity index is 1.89. The molecule has 2 rings (SSSR count). The van der Waals surface area contributed by atoms with Crippen molar-refractivity contribution >= 4 is 11.9 Å². The van der Waals surface area contributed by atoms with Crippen LogP contribution in [0.5, 0.6) is 17.2 Å². The first-order valence-electron chi connectivity index (χ1n) is 8.95. The highest BCUT2D eigenvalue weighted by Gasteiger charge is 2.10. The highest BCUT2D eigenvalue weighted by atomic mass is 16.5. The molecule has 2 aromatic rings. The summed E-state index contributed by atoms with van der Waals surface area (Å²) >= 11 is 0. The molecule has 0 spiro atoms. The maximum atomic E-state index is 11.7. The van der Waals surface area contributed by atoms with Crippen molar-refractivity contribution in [2.45, 2.75) is 26.3 Å². The van der Waals surface area contributed by atoms with E-state index in [2.05, 4.69) is 5.32 Å². The molecule has 0 atom stereocenters. The molecule has 0 saturated carbocycles. The number of nitrogens with one attached hydrogen (secondary N) is 1. The van der Waals surface area contributed by atoms with Gasteiger partial charge in [0.25, 0.3) is 0 Å². The predicted octanol–water partition coefficient (Wildman–Crippen LogP) is 2.94. The summed E-state index contributed by atoms with van der Waals surface area (Å²) in [6.45, 7) is 2.93. The summed E-state index contributed by atoms with van der Waals surface area (Å²) in [4.78, 5) is 22.3. The Kier molecular flexibility index (Phi) is 8.14. The highest BCUT2D eigenvalue weighted by Crippen LogP contribution is 2.25. The van der Waals surface area contributed by atoms with Gasteiger partial charge in [-0.15, -0.1) is 0 Å². The van der Waals surface area contributed by atoms with Gasteiger partial charge in [0.2, 0.25) is 5.91 Å².